The van der Waals surface area contributed by atoms with Gasteiger partial charge in [0.05, 0.1) is 18.2 Å². The molecule has 162 valence electrons. The molecule has 0 aliphatic carbocycles. The minimum atomic E-state index is -0.631. The number of benzene rings is 2. The van der Waals surface area contributed by atoms with Crippen molar-refractivity contribution in [2.75, 3.05) is 17.2 Å². The van der Waals surface area contributed by atoms with Gasteiger partial charge in [0.1, 0.15) is 5.82 Å². The largest absolute Gasteiger partial charge is 0.490 e. The van der Waals surface area contributed by atoms with Crippen LogP contribution in [-0.2, 0) is 0 Å². The first-order valence-electron chi connectivity index (χ1n) is 9.92. The van der Waals surface area contributed by atoms with Crippen LogP contribution in [0.5, 0.6) is 5.75 Å². The predicted octanol–water partition coefficient (Wildman–Crippen LogP) is 4.72. The lowest BCUT2D eigenvalue weighted by Crippen LogP contribution is -2.17. The number of aromatic nitrogens is 1. The van der Waals surface area contributed by atoms with Crippen LogP contribution in [0.3, 0.4) is 0 Å². The van der Waals surface area contributed by atoms with Crippen molar-refractivity contribution < 1.29 is 18.7 Å². The van der Waals surface area contributed by atoms with Crippen molar-refractivity contribution in [1.82, 2.24) is 4.98 Å². The van der Waals surface area contributed by atoms with Crippen molar-refractivity contribution in [2.45, 2.75) is 19.8 Å². The molecule has 0 radical (unpaired) electrons. The Morgan fingerprint density at radius 1 is 1.09 bits per heavy atom. The van der Waals surface area contributed by atoms with E-state index in [-0.39, 0.29) is 16.9 Å². The second kappa shape index (κ2) is 10.7. The maximum Gasteiger partial charge on any atom is 0.258 e. The summed E-state index contributed by atoms with van der Waals surface area (Å²) in [5.74, 6) is -1.06. The number of anilines is 2. The monoisotopic (exact) mass is 432 g/mol. The van der Waals surface area contributed by atoms with Gasteiger partial charge in [-0.3, -0.25) is 9.59 Å². The van der Waals surface area contributed by atoms with E-state index < -0.39 is 17.6 Å². The van der Waals surface area contributed by atoms with Gasteiger partial charge in [-0.15, -0.1) is 0 Å². The molecule has 1 heterocycles. The number of nitrogens with one attached hydrogen (secondary N) is 2. The zero-order chi connectivity index (χ0) is 22.9. The van der Waals surface area contributed by atoms with Gasteiger partial charge in [-0.25, -0.2) is 9.37 Å². The summed E-state index contributed by atoms with van der Waals surface area (Å²) in [6.07, 6.45) is 2.45. The van der Waals surface area contributed by atoms with E-state index in [0.717, 1.165) is 0 Å². The number of rotatable bonds is 8. The Kier molecular flexibility index (Phi) is 7.49. The van der Waals surface area contributed by atoms with Gasteiger partial charge in [0, 0.05) is 23.9 Å². The van der Waals surface area contributed by atoms with Gasteiger partial charge in [0.25, 0.3) is 11.8 Å². The van der Waals surface area contributed by atoms with E-state index in [1.807, 2.05) is 6.07 Å². The molecule has 0 unspecified atom stereocenters. The lowest BCUT2D eigenvalue weighted by molar-refractivity contribution is 0.101. The molecule has 3 rings (SSSR count). The van der Waals surface area contributed by atoms with Crippen LogP contribution < -0.4 is 15.4 Å². The van der Waals surface area contributed by atoms with Crippen LogP contribution in [0.25, 0.3) is 0 Å². The highest BCUT2D eigenvalue weighted by Gasteiger charge is 2.15. The molecule has 0 saturated carbocycles. The fraction of sp³-hybridized carbons (Fsp3) is 0.167. The van der Waals surface area contributed by atoms with Crippen LogP contribution in [0.1, 0.15) is 39.1 Å². The van der Waals surface area contributed by atoms with Crippen molar-refractivity contribution in [3.05, 3.63) is 83.3 Å². The van der Waals surface area contributed by atoms with Crippen molar-refractivity contribution >= 4 is 23.3 Å². The molecule has 2 amide bonds. The molecule has 0 saturated heterocycles. The molecule has 32 heavy (non-hydrogen) atoms. The molecule has 2 aromatic carbocycles. The molecule has 0 atom stereocenters. The predicted molar refractivity (Wildman–Crippen MR) is 118 cm³/mol. The smallest absolute Gasteiger partial charge is 0.258 e. The SMILES string of the molecule is Cc1ccc(C(=O)Nc2ncccc2OCCCC#N)cc1NC(=O)c1ccccc1F. The van der Waals surface area contributed by atoms with Gasteiger partial charge in [0.15, 0.2) is 11.6 Å². The van der Waals surface area contributed by atoms with Gasteiger partial charge >= 0.3 is 0 Å². The molecule has 2 N–H and O–H groups in total. The number of aryl methyl sites for hydroxylation is 1. The summed E-state index contributed by atoms with van der Waals surface area (Å²) in [5.41, 5.74) is 1.29. The van der Waals surface area contributed by atoms with Crippen LogP contribution in [0.2, 0.25) is 0 Å². The van der Waals surface area contributed by atoms with Gasteiger partial charge in [0.2, 0.25) is 0 Å². The molecule has 0 fully saturated rings. The molecule has 1 aromatic heterocycles. The number of pyridine rings is 1. The lowest BCUT2D eigenvalue weighted by Gasteiger charge is -2.13. The Morgan fingerprint density at radius 3 is 2.69 bits per heavy atom. The third-order valence-corrected chi connectivity index (χ3v) is 4.56. The quantitative estimate of drug-likeness (QED) is 0.502. The summed E-state index contributed by atoms with van der Waals surface area (Å²) in [7, 11) is 0. The van der Waals surface area contributed by atoms with E-state index in [0.29, 0.717) is 36.4 Å². The Bertz CT molecular complexity index is 1170. The van der Waals surface area contributed by atoms with Gasteiger partial charge in [-0.2, -0.15) is 5.26 Å². The first-order chi connectivity index (χ1) is 15.5. The van der Waals surface area contributed by atoms with Crippen molar-refractivity contribution in [2.24, 2.45) is 0 Å². The fourth-order valence-electron chi connectivity index (χ4n) is 2.85. The first-order valence-corrected chi connectivity index (χ1v) is 9.92. The van der Waals surface area contributed by atoms with E-state index in [1.54, 1.807) is 37.3 Å². The number of amides is 2. The number of carbonyl (C=O) groups excluding carboxylic acids is 2. The number of halogens is 1. The van der Waals surface area contributed by atoms with Crippen LogP contribution in [0, 0.1) is 24.1 Å². The van der Waals surface area contributed by atoms with E-state index in [1.165, 1.54) is 30.5 Å². The summed E-state index contributed by atoms with van der Waals surface area (Å²) in [6, 6.07) is 15.9. The molecule has 8 heteroatoms. The fourth-order valence-corrected chi connectivity index (χ4v) is 2.85. The third-order valence-electron chi connectivity index (χ3n) is 4.56. The molecular formula is C24H21FN4O3. The first kappa shape index (κ1) is 22.4. The minimum Gasteiger partial charge on any atom is -0.490 e. The molecule has 0 bridgehead atoms. The minimum absolute atomic E-state index is 0.0894. The average Bonchev–Trinajstić information content (AvgIpc) is 2.79. The lowest BCUT2D eigenvalue weighted by atomic mass is 10.1. The molecule has 3 aromatic rings. The van der Waals surface area contributed by atoms with Gasteiger partial charge in [-0.1, -0.05) is 18.2 Å². The van der Waals surface area contributed by atoms with Crippen LogP contribution in [0.15, 0.2) is 60.8 Å². The van der Waals surface area contributed by atoms with Crippen molar-refractivity contribution in [3.63, 3.8) is 0 Å². The Morgan fingerprint density at radius 2 is 1.91 bits per heavy atom. The molecule has 0 aliphatic rings. The number of carbonyl (C=O) groups is 2. The number of unbranched alkanes of at least 4 members (excludes halogenated alkanes) is 1. The van der Waals surface area contributed by atoms with Gasteiger partial charge in [-0.05, 0) is 55.3 Å². The van der Waals surface area contributed by atoms with E-state index in [2.05, 4.69) is 15.6 Å². The van der Waals surface area contributed by atoms with Crippen LogP contribution in [0.4, 0.5) is 15.9 Å². The maximum absolute atomic E-state index is 13.9. The number of hydrogen-bond donors (Lipinski definition) is 2. The van der Waals surface area contributed by atoms with Crippen molar-refractivity contribution in [3.8, 4) is 11.8 Å². The highest BCUT2D eigenvalue weighted by Crippen LogP contribution is 2.24. The highest BCUT2D eigenvalue weighted by molar-refractivity contribution is 6.08. The summed E-state index contributed by atoms with van der Waals surface area (Å²) in [5, 5.41) is 14.0. The summed E-state index contributed by atoms with van der Waals surface area (Å²) in [4.78, 5) is 29.4. The highest BCUT2D eigenvalue weighted by atomic mass is 19.1. The van der Waals surface area contributed by atoms with Crippen molar-refractivity contribution in [1.29, 1.82) is 5.26 Å². The molecular weight excluding hydrogens is 411 g/mol. The van der Waals surface area contributed by atoms with Gasteiger partial charge < -0.3 is 15.4 Å². The summed E-state index contributed by atoms with van der Waals surface area (Å²) < 4.78 is 19.5. The Hall–Kier alpha value is -4.25. The average molecular weight is 432 g/mol. The standard InChI is InChI=1S/C24H21FN4O3/c1-16-10-11-17(15-20(16)28-24(31)18-7-2-3-8-19(18)25)23(30)29-22-21(9-6-13-27-22)32-14-5-4-12-26/h2-3,6-11,13,15H,4-5,14H2,1H3,(H,28,31)(H,27,29,30). The zero-order valence-electron chi connectivity index (χ0n) is 17.4. The van der Waals surface area contributed by atoms with E-state index in [9.17, 15) is 14.0 Å². The maximum atomic E-state index is 13.9. The number of hydrogen-bond acceptors (Lipinski definition) is 5. The van der Waals surface area contributed by atoms with Crippen LogP contribution in [-0.4, -0.2) is 23.4 Å². The van der Waals surface area contributed by atoms with E-state index in [4.69, 9.17) is 10.00 Å². The van der Waals surface area contributed by atoms with E-state index >= 15 is 0 Å². The molecule has 0 aliphatic heterocycles. The van der Waals surface area contributed by atoms with Crippen LogP contribution >= 0.6 is 0 Å². The number of nitriles is 1. The summed E-state index contributed by atoms with van der Waals surface area (Å²) in [6.45, 7) is 2.09. The topological polar surface area (TPSA) is 104 Å². The normalized spacial score (nSPS) is 10.2. The second-order valence-electron chi connectivity index (χ2n) is 6.88. The number of ether oxygens (including phenoxy) is 1. The molecule has 0 spiro atoms. The number of nitrogens with zero attached hydrogens (tertiary/aromatic N) is 2. The third kappa shape index (κ3) is 5.67. The molecule has 7 nitrogen and oxygen atoms in total. The Labute approximate surface area is 184 Å². The summed E-state index contributed by atoms with van der Waals surface area (Å²) >= 11 is 0. The Balaban J connectivity index is 1.74. The second-order valence-corrected chi connectivity index (χ2v) is 6.88. The zero-order valence-corrected chi connectivity index (χ0v) is 17.4.